The Kier molecular flexibility index (Phi) is 3.96. The molecule has 0 aromatic heterocycles. The lowest BCUT2D eigenvalue weighted by atomic mass is 10.1. The Labute approximate surface area is 130 Å². The Balaban J connectivity index is 1.87. The second kappa shape index (κ2) is 6.06. The Morgan fingerprint density at radius 1 is 1.09 bits per heavy atom. The predicted molar refractivity (Wildman–Crippen MR) is 86.4 cm³/mol. The van der Waals surface area contributed by atoms with Gasteiger partial charge in [0, 0.05) is 6.07 Å². The summed E-state index contributed by atoms with van der Waals surface area (Å²) in [5.41, 5.74) is 2.81. The first kappa shape index (κ1) is 14.4. The van der Waals surface area contributed by atoms with Crippen LogP contribution in [0, 0.1) is 0 Å². The van der Waals surface area contributed by atoms with Crippen LogP contribution in [-0.4, -0.2) is 12.4 Å². The lowest BCUT2D eigenvalue weighted by Crippen LogP contribution is -1.98. The third-order valence-corrected chi connectivity index (χ3v) is 3.64. The molecule has 3 rings (SSSR count). The maximum Gasteiger partial charge on any atom is 0.231 e. The summed E-state index contributed by atoms with van der Waals surface area (Å²) in [5.74, 6) is 1.54. The highest BCUT2D eigenvalue weighted by Gasteiger charge is 2.27. The van der Waals surface area contributed by atoms with Gasteiger partial charge < -0.3 is 9.47 Å². The second-order valence-corrected chi connectivity index (χ2v) is 5.13. The normalized spacial score (nSPS) is 14.8. The number of carbonyl (C=O) groups excluding carboxylic acids is 1. The smallest absolute Gasteiger partial charge is 0.231 e. The minimum absolute atomic E-state index is 0.0855. The van der Waals surface area contributed by atoms with E-state index in [0.29, 0.717) is 29.4 Å². The van der Waals surface area contributed by atoms with E-state index in [1.165, 1.54) is 5.56 Å². The molecular weight excluding hydrogens is 276 g/mol. The maximum absolute atomic E-state index is 12.4. The van der Waals surface area contributed by atoms with Crippen molar-refractivity contribution in [1.29, 1.82) is 0 Å². The van der Waals surface area contributed by atoms with E-state index in [1.807, 2.05) is 19.1 Å². The van der Waals surface area contributed by atoms with Crippen molar-refractivity contribution in [1.82, 2.24) is 0 Å². The number of benzene rings is 2. The highest BCUT2D eigenvalue weighted by atomic mass is 16.5. The molecule has 0 atom stereocenters. The fourth-order valence-electron chi connectivity index (χ4n) is 2.42. The van der Waals surface area contributed by atoms with Crippen LogP contribution in [0.1, 0.15) is 35.3 Å². The standard InChI is InChI=1S/C19H18O3/c1-3-13-5-7-14(8-6-13)11-18-19(20)16-10-9-15(21-4-2)12-17(16)22-18/h5-12H,3-4H2,1-2H3. The van der Waals surface area contributed by atoms with Gasteiger partial charge in [-0.15, -0.1) is 0 Å². The fraction of sp³-hybridized carbons (Fsp3) is 0.211. The first-order valence-electron chi connectivity index (χ1n) is 7.51. The lowest BCUT2D eigenvalue weighted by molar-refractivity contribution is 0.101. The van der Waals surface area contributed by atoms with Crippen molar-refractivity contribution < 1.29 is 14.3 Å². The van der Waals surface area contributed by atoms with Crippen molar-refractivity contribution in [3.05, 3.63) is 64.9 Å². The van der Waals surface area contributed by atoms with Crippen LogP contribution >= 0.6 is 0 Å². The largest absolute Gasteiger partial charge is 0.494 e. The molecular formula is C19H18O3. The van der Waals surface area contributed by atoms with Crippen molar-refractivity contribution in [3.63, 3.8) is 0 Å². The molecule has 3 heteroatoms. The van der Waals surface area contributed by atoms with Crippen LogP contribution in [0.25, 0.3) is 6.08 Å². The predicted octanol–water partition coefficient (Wildman–Crippen LogP) is 4.26. The van der Waals surface area contributed by atoms with E-state index in [4.69, 9.17) is 9.47 Å². The quantitative estimate of drug-likeness (QED) is 0.790. The summed E-state index contributed by atoms with van der Waals surface area (Å²) < 4.78 is 11.1. The molecule has 0 fully saturated rings. The Hall–Kier alpha value is -2.55. The van der Waals surface area contributed by atoms with Gasteiger partial charge in [-0.2, -0.15) is 0 Å². The van der Waals surface area contributed by atoms with Crippen molar-refractivity contribution in [2.75, 3.05) is 6.61 Å². The van der Waals surface area contributed by atoms with E-state index >= 15 is 0 Å². The fourth-order valence-corrected chi connectivity index (χ4v) is 2.42. The average molecular weight is 294 g/mol. The van der Waals surface area contributed by atoms with Gasteiger partial charge in [-0.1, -0.05) is 31.2 Å². The first-order chi connectivity index (χ1) is 10.7. The van der Waals surface area contributed by atoms with Crippen LogP contribution in [0.5, 0.6) is 11.5 Å². The first-order valence-corrected chi connectivity index (χ1v) is 7.51. The summed E-state index contributed by atoms with van der Waals surface area (Å²) >= 11 is 0. The number of rotatable bonds is 4. The molecule has 22 heavy (non-hydrogen) atoms. The Morgan fingerprint density at radius 3 is 2.55 bits per heavy atom. The molecule has 0 saturated carbocycles. The monoisotopic (exact) mass is 294 g/mol. The van der Waals surface area contributed by atoms with Gasteiger partial charge >= 0.3 is 0 Å². The number of ether oxygens (including phenoxy) is 2. The third kappa shape index (κ3) is 2.75. The van der Waals surface area contributed by atoms with Gasteiger partial charge in [0.2, 0.25) is 5.78 Å². The summed E-state index contributed by atoms with van der Waals surface area (Å²) in [4.78, 5) is 12.4. The number of aryl methyl sites for hydroxylation is 1. The summed E-state index contributed by atoms with van der Waals surface area (Å²) in [7, 11) is 0. The van der Waals surface area contributed by atoms with E-state index < -0.39 is 0 Å². The van der Waals surface area contributed by atoms with Gasteiger partial charge in [0.15, 0.2) is 5.76 Å². The Morgan fingerprint density at radius 2 is 1.86 bits per heavy atom. The molecule has 0 N–H and O–H groups in total. The minimum Gasteiger partial charge on any atom is -0.494 e. The van der Waals surface area contributed by atoms with Crippen LogP contribution in [0.15, 0.2) is 48.2 Å². The number of hydrogen-bond acceptors (Lipinski definition) is 3. The summed E-state index contributed by atoms with van der Waals surface area (Å²) in [6, 6.07) is 13.4. The number of carbonyl (C=O) groups is 1. The van der Waals surface area contributed by atoms with Gasteiger partial charge in [-0.25, -0.2) is 0 Å². The highest BCUT2D eigenvalue weighted by molar-refractivity contribution is 6.14. The third-order valence-electron chi connectivity index (χ3n) is 3.64. The van der Waals surface area contributed by atoms with Gasteiger partial charge in [0.05, 0.1) is 12.2 Å². The van der Waals surface area contributed by atoms with Crippen molar-refractivity contribution in [3.8, 4) is 11.5 Å². The molecule has 0 aliphatic carbocycles. The molecule has 0 amide bonds. The topological polar surface area (TPSA) is 35.5 Å². The van der Waals surface area contributed by atoms with E-state index in [-0.39, 0.29) is 5.78 Å². The van der Waals surface area contributed by atoms with Crippen LogP contribution in [0.3, 0.4) is 0 Å². The SMILES string of the molecule is CCOc1ccc2c(c1)OC(=Cc1ccc(CC)cc1)C2=O. The van der Waals surface area contributed by atoms with Gasteiger partial charge in [-0.3, -0.25) is 4.79 Å². The molecule has 2 aromatic rings. The number of ketones is 1. The second-order valence-electron chi connectivity index (χ2n) is 5.13. The molecule has 3 nitrogen and oxygen atoms in total. The minimum atomic E-state index is -0.0855. The van der Waals surface area contributed by atoms with Crippen molar-refractivity contribution >= 4 is 11.9 Å². The van der Waals surface area contributed by atoms with E-state index in [9.17, 15) is 4.79 Å². The molecule has 2 aromatic carbocycles. The molecule has 1 aliphatic rings. The lowest BCUT2D eigenvalue weighted by Gasteiger charge is -2.04. The number of hydrogen-bond donors (Lipinski definition) is 0. The summed E-state index contributed by atoms with van der Waals surface area (Å²) in [6.45, 7) is 4.62. The molecule has 1 heterocycles. The van der Waals surface area contributed by atoms with Gasteiger partial charge in [0.1, 0.15) is 11.5 Å². The molecule has 0 spiro atoms. The molecule has 0 radical (unpaired) electrons. The number of allylic oxidation sites excluding steroid dienone is 1. The molecule has 1 aliphatic heterocycles. The zero-order chi connectivity index (χ0) is 15.5. The molecule has 0 unspecified atom stereocenters. The van der Waals surface area contributed by atoms with Crippen molar-refractivity contribution in [2.45, 2.75) is 20.3 Å². The van der Waals surface area contributed by atoms with Crippen LogP contribution in [0.4, 0.5) is 0 Å². The number of fused-ring (bicyclic) bond motifs is 1. The van der Waals surface area contributed by atoms with Gasteiger partial charge in [-0.05, 0) is 42.7 Å². The van der Waals surface area contributed by atoms with Crippen LogP contribution in [0.2, 0.25) is 0 Å². The molecule has 112 valence electrons. The average Bonchev–Trinajstić information content (AvgIpc) is 2.84. The molecule has 0 bridgehead atoms. The zero-order valence-electron chi connectivity index (χ0n) is 12.8. The van der Waals surface area contributed by atoms with Crippen LogP contribution < -0.4 is 9.47 Å². The zero-order valence-corrected chi connectivity index (χ0v) is 12.8. The Bertz CT molecular complexity index is 727. The van der Waals surface area contributed by atoms with E-state index in [1.54, 1.807) is 24.3 Å². The van der Waals surface area contributed by atoms with Crippen LogP contribution in [-0.2, 0) is 6.42 Å². The summed E-state index contributed by atoms with van der Waals surface area (Å²) in [5, 5.41) is 0. The van der Waals surface area contributed by atoms with Crippen molar-refractivity contribution in [2.24, 2.45) is 0 Å². The summed E-state index contributed by atoms with van der Waals surface area (Å²) in [6.07, 6.45) is 2.78. The van der Waals surface area contributed by atoms with E-state index in [2.05, 4.69) is 19.1 Å². The molecule has 0 saturated heterocycles. The maximum atomic E-state index is 12.4. The van der Waals surface area contributed by atoms with E-state index in [0.717, 1.165) is 12.0 Å². The number of Topliss-reactive ketones (excluding diaryl/α,β-unsaturated/α-hetero) is 1. The highest BCUT2D eigenvalue weighted by Crippen LogP contribution is 2.34. The van der Waals surface area contributed by atoms with Gasteiger partial charge in [0.25, 0.3) is 0 Å².